The van der Waals surface area contributed by atoms with Gasteiger partial charge in [-0.1, -0.05) is 103 Å². The van der Waals surface area contributed by atoms with Crippen molar-refractivity contribution in [1.29, 1.82) is 0 Å². The Balaban J connectivity index is 1.21. The molecule has 0 saturated heterocycles. The summed E-state index contributed by atoms with van der Waals surface area (Å²) in [6.07, 6.45) is -6.47. The normalized spacial score (nSPS) is 13.5. The van der Waals surface area contributed by atoms with Crippen molar-refractivity contribution < 1.29 is 26.3 Å². The summed E-state index contributed by atoms with van der Waals surface area (Å²) in [5.41, 5.74) is 11.7. The summed E-state index contributed by atoms with van der Waals surface area (Å²) in [4.78, 5) is 0. The van der Waals surface area contributed by atoms with Crippen LogP contribution in [0, 0.1) is 0 Å². The van der Waals surface area contributed by atoms with Crippen molar-refractivity contribution in [3.05, 3.63) is 165 Å². The monoisotopic (exact) mass is 698 g/mol. The molecule has 6 rings (SSSR count). The van der Waals surface area contributed by atoms with Crippen LogP contribution in [0.1, 0.15) is 82.4 Å². The molecule has 0 aliphatic rings. The van der Waals surface area contributed by atoms with Gasteiger partial charge in [-0.25, -0.2) is 0 Å². The number of alkyl halides is 6. The fraction of sp³-hybridized carbons (Fsp3) is 0.256. The Labute approximate surface area is 294 Å². The molecule has 0 saturated carbocycles. The van der Waals surface area contributed by atoms with E-state index in [-0.39, 0.29) is 12.1 Å². The Hall–Kier alpha value is -4.66. The number of halogens is 6. The van der Waals surface area contributed by atoms with E-state index in [1.807, 2.05) is 37.3 Å². The maximum atomic E-state index is 13.3. The zero-order chi connectivity index (χ0) is 36.3. The summed E-state index contributed by atoms with van der Waals surface area (Å²) in [6, 6.07) is 33.7. The molecule has 0 bridgehead atoms. The van der Waals surface area contributed by atoms with Crippen LogP contribution >= 0.6 is 0 Å². The molecule has 8 heteroatoms. The summed E-state index contributed by atoms with van der Waals surface area (Å²) in [7, 11) is 0. The number of aryl methyl sites for hydroxylation is 1. The number of fused-ring (bicyclic) bond motifs is 2. The zero-order valence-electron chi connectivity index (χ0n) is 28.5. The molecule has 6 aromatic rings. The SMILES string of the molecule is CC(N)c1cc(Cc2cc(C(C)NCCCc3cccc(C(F)(F)F)c3)c3ccccc3c2)cc2ccc(Cc3cccc(C(F)(F)F)c3)cc12. The molecule has 264 valence electrons. The van der Waals surface area contributed by atoms with Crippen LogP contribution in [0.15, 0.2) is 115 Å². The molecule has 0 spiro atoms. The number of rotatable bonds is 11. The topological polar surface area (TPSA) is 38.0 Å². The van der Waals surface area contributed by atoms with Crippen molar-refractivity contribution in [2.75, 3.05) is 6.54 Å². The fourth-order valence-electron chi connectivity index (χ4n) is 6.91. The molecule has 0 fully saturated rings. The van der Waals surface area contributed by atoms with E-state index in [1.165, 1.54) is 24.3 Å². The van der Waals surface area contributed by atoms with Gasteiger partial charge in [-0.05, 0) is 119 Å². The van der Waals surface area contributed by atoms with Gasteiger partial charge in [0.25, 0.3) is 0 Å². The lowest BCUT2D eigenvalue weighted by Gasteiger charge is -2.19. The van der Waals surface area contributed by atoms with Crippen LogP contribution in [0.5, 0.6) is 0 Å². The van der Waals surface area contributed by atoms with Crippen molar-refractivity contribution in [3.63, 3.8) is 0 Å². The third-order valence-electron chi connectivity index (χ3n) is 9.44. The predicted molar refractivity (Wildman–Crippen MR) is 194 cm³/mol. The molecule has 0 aromatic heterocycles. The first kappa shape index (κ1) is 36.1. The first-order valence-electron chi connectivity index (χ1n) is 17.1. The minimum atomic E-state index is -4.39. The van der Waals surface area contributed by atoms with E-state index in [0.717, 1.165) is 61.5 Å². The number of nitrogens with one attached hydrogen (secondary N) is 1. The van der Waals surface area contributed by atoms with Crippen LogP contribution < -0.4 is 11.1 Å². The number of hydrogen-bond acceptors (Lipinski definition) is 2. The summed E-state index contributed by atoms with van der Waals surface area (Å²) in [5, 5.41) is 7.85. The van der Waals surface area contributed by atoms with Crippen molar-refractivity contribution in [1.82, 2.24) is 5.32 Å². The van der Waals surface area contributed by atoms with Crippen LogP contribution in [0.25, 0.3) is 21.5 Å². The van der Waals surface area contributed by atoms with E-state index in [9.17, 15) is 26.3 Å². The Bertz CT molecular complexity index is 2150. The average molecular weight is 699 g/mol. The molecule has 0 aliphatic heterocycles. The van der Waals surface area contributed by atoms with Gasteiger partial charge >= 0.3 is 12.4 Å². The summed E-state index contributed by atoms with van der Waals surface area (Å²) in [5.74, 6) is 0. The maximum absolute atomic E-state index is 13.3. The fourth-order valence-corrected chi connectivity index (χ4v) is 6.91. The Morgan fingerprint density at radius 3 is 1.78 bits per heavy atom. The molecule has 51 heavy (non-hydrogen) atoms. The largest absolute Gasteiger partial charge is 0.416 e. The molecule has 0 amide bonds. The first-order chi connectivity index (χ1) is 24.2. The van der Waals surface area contributed by atoms with Crippen LogP contribution in [0.2, 0.25) is 0 Å². The van der Waals surface area contributed by atoms with Gasteiger partial charge in [0.1, 0.15) is 0 Å². The second kappa shape index (κ2) is 14.9. The molecule has 2 atom stereocenters. The van der Waals surface area contributed by atoms with Crippen LogP contribution in [-0.2, 0) is 31.6 Å². The molecular formula is C43H40F6N2. The van der Waals surface area contributed by atoms with Crippen molar-refractivity contribution in [2.45, 2.75) is 64.0 Å². The lowest BCUT2D eigenvalue weighted by atomic mass is 9.90. The van der Waals surface area contributed by atoms with Gasteiger partial charge in [-0.15, -0.1) is 0 Å². The molecule has 2 unspecified atom stereocenters. The number of nitrogens with two attached hydrogens (primary N) is 1. The highest BCUT2D eigenvalue weighted by Gasteiger charge is 2.31. The van der Waals surface area contributed by atoms with Gasteiger partial charge < -0.3 is 11.1 Å². The Kier molecular flexibility index (Phi) is 10.6. The van der Waals surface area contributed by atoms with Gasteiger partial charge in [0.2, 0.25) is 0 Å². The molecule has 6 aromatic carbocycles. The van der Waals surface area contributed by atoms with Crippen molar-refractivity contribution >= 4 is 21.5 Å². The van der Waals surface area contributed by atoms with Crippen LogP contribution in [0.4, 0.5) is 26.3 Å². The zero-order valence-corrected chi connectivity index (χ0v) is 28.5. The second-order valence-electron chi connectivity index (χ2n) is 13.5. The highest BCUT2D eigenvalue weighted by atomic mass is 19.4. The van der Waals surface area contributed by atoms with E-state index in [1.54, 1.807) is 12.1 Å². The highest BCUT2D eigenvalue weighted by molar-refractivity contribution is 5.89. The minimum Gasteiger partial charge on any atom is -0.324 e. The van der Waals surface area contributed by atoms with Crippen LogP contribution in [0.3, 0.4) is 0 Å². The standard InChI is InChI=1S/C43H40F6N2/c1-27(50)39-25-32(21-35-16-15-31(24-41(35)39)18-30-9-6-13-37(23-30)43(47,48)49)19-33-20-34-11-3-4-14-38(34)40(26-33)28(2)51-17-7-10-29-8-5-12-36(22-29)42(44,45)46/h3-6,8-9,11-16,20-28,51H,7,10,17-19,50H2,1-2H3. The summed E-state index contributed by atoms with van der Waals surface area (Å²) >= 11 is 0. The van der Waals surface area contributed by atoms with Gasteiger partial charge in [-0.3, -0.25) is 0 Å². The second-order valence-corrected chi connectivity index (χ2v) is 13.5. The van der Waals surface area contributed by atoms with Crippen LogP contribution in [-0.4, -0.2) is 6.54 Å². The Morgan fingerprint density at radius 2 is 1.12 bits per heavy atom. The highest BCUT2D eigenvalue weighted by Crippen LogP contribution is 2.33. The van der Waals surface area contributed by atoms with Gasteiger partial charge in [-0.2, -0.15) is 26.3 Å². The number of benzene rings is 6. The Morgan fingerprint density at radius 1 is 0.549 bits per heavy atom. The first-order valence-corrected chi connectivity index (χ1v) is 17.1. The lowest BCUT2D eigenvalue weighted by Crippen LogP contribution is -2.21. The van der Waals surface area contributed by atoms with E-state index in [4.69, 9.17) is 5.73 Å². The minimum absolute atomic E-state index is 0.00262. The van der Waals surface area contributed by atoms with Crippen molar-refractivity contribution in [2.24, 2.45) is 5.73 Å². The maximum Gasteiger partial charge on any atom is 0.416 e. The molecule has 0 aliphatic carbocycles. The van der Waals surface area contributed by atoms with Gasteiger partial charge in [0.05, 0.1) is 11.1 Å². The lowest BCUT2D eigenvalue weighted by molar-refractivity contribution is -0.138. The molecular weight excluding hydrogens is 658 g/mol. The smallest absolute Gasteiger partial charge is 0.324 e. The predicted octanol–water partition coefficient (Wildman–Crippen LogP) is 11.5. The molecule has 3 N–H and O–H groups in total. The van der Waals surface area contributed by atoms with E-state index in [2.05, 4.69) is 48.6 Å². The molecule has 2 nitrogen and oxygen atoms in total. The molecule has 0 heterocycles. The van der Waals surface area contributed by atoms with E-state index < -0.39 is 23.5 Å². The van der Waals surface area contributed by atoms with Gasteiger partial charge in [0, 0.05) is 12.1 Å². The third kappa shape index (κ3) is 8.81. The number of hydrogen-bond donors (Lipinski definition) is 2. The van der Waals surface area contributed by atoms with E-state index >= 15 is 0 Å². The molecule has 0 radical (unpaired) electrons. The third-order valence-corrected chi connectivity index (χ3v) is 9.44. The summed E-state index contributed by atoms with van der Waals surface area (Å²) < 4.78 is 79.3. The van der Waals surface area contributed by atoms with E-state index in [0.29, 0.717) is 43.4 Å². The van der Waals surface area contributed by atoms with Gasteiger partial charge in [0.15, 0.2) is 0 Å². The van der Waals surface area contributed by atoms with Crippen molar-refractivity contribution in [3.8, 4) is 0 Å². The average Bonchev–Trinajstić information content (AvgIpc) is 3.09. The summed E-state index contributed by atoms with van der Waals surface area (Å²) in [6.45, 7) is 4.69. The quantitative estimate of drug-likeness (QED) is 0.104.